The molecule has 0 spiro atoms. The zero-order chi connectivity index (χ0) is 8.10. The third-order valence-corrected chi connectivity index (χ3v) is 1.99. The second kappa shape index (κ2) is 4.70. The van der Waals surface area contributed by atoms with Crippen LogP contribution in [0.2, 0.25) is 0 Å². The minimum atomic E-state index is 0.626. The van der Waals surface area contributed by atoms with Crippen molar-refractivity contribution in [2.45, 2.75) is 13.0 Å². The fraction of sp³-hybridized carbons (Fsp3) is 1.00. The Hall–Kier alpha value is -0.120. The third-order valence-electron chi connectivity index (χ3n) is 1.99. The van der Waals surface area contributed by atoms with Gasteiger partial charge in [-0.05, 0) is 5.92 Å². The van der Waals surface area contributed by atoms with E-state index in [-0.39, 0.29) is 0 Å². The molecule has 1 rings (SSSR count). The van der Waals surface area contributed by atoms with Gasteiger partial charge in [0.25, 0.3) is 0 Å². The van der Waals surface area contributed by atoms with Crippen LogP contribution in [-0.2, 0) is 4.74 Å². The number of methoxy groups -OCH3 is 1. The number of ether oxygens (including phenoxy) is 1. The molecule has 1 unspecified atom stereocenters. The molecule has 1 atom stereocenters. The van der Waals surface area contributed by atoms with Gasteiger partial charge in [0.15, 0.2) is 0 Å². The SMILES string of the molecule is COCC(C)CNC1CNC1. The van der Waals surface area contributed by atoms with Gasteiger partial charge in [0, 0.05) is 39.4 Å². The average molecular weight is 158 g/mol. The summed E-state index contributed by atoms with van der Waals surface area (Å²) in [4.78, 5) is 0. The van der Waals surface area contributed by atoms with E-state index < -0.39 is 0 Å². The highest BCUT2D eigenvalue weighted by Crippen LogP contribution is 1.96. The first-order valence-electron chi connectivity index (χ1n) is 4.26. The van der Waals surface area contributed by atoms with E-state index in [4.69, 9.17) is 4.74 Å². The van der Waals surface area contributed by atoms with Crippen LogP contribution in [0.1, 0.15) is 6.92 Å². The molecule has 3 heteroatoms. The Bertz CT molecular complexity index is 104. The molecule has 0 aromatic heterocycles. The summed E-state index contributed by atoms with van der Waals surface area (Å²) >= 11 is 0. The Morgan fingerprint density at radius 1 is 1.64 bits per heavy atom. The van der Waals surface area contributed by atoms with Crippen LogP contribution in [0.3, 0.4) is 0 Å². The molecule has 1 heterocycles. The second-order valence-electron chi connectivity index (χ2n) is 3.32. The standard InChI is InChI=1S/C8H18N2O/c1-7(6-11-2)3-10-8-4-9-5-8/h7-10H,3-6H2,1-2H3. The highest BCUT2D eigenvalue weighted by atomic mass is 16.5. The van der Waals surface area contributed by atoms with Gasteiger partial charge in [-0.2, -0.15) is 0 Å². The molecule has 0 bridgehead atoms. The maximum Gasteiger partial charge on any atom is 0.0499 e. The number of hydrogen-bond donors (Lipinski definition) is 2. The van der Waals surface area contributed by atoms with E-state index in [1.807, 2.05) is 0 Å². The lowest BCUT2D eigenvalue weighted by molar-refractivity contribution is 0.155. The minimum absolute atomic E-state index is 0.626. The van der Waals surface area contributed by atoms with Crippen LogP contribution in [0.4, 0.5) is 0 Å². The summed E-state index contributed by atoms with van der Waals surface area (Å²) in [7, 11) is 1.75. The summed E-state index contributed by atoms with van der Waals surface area (Å²) in [5, 5.41) is 6.68. The minimum Gasteiger partial charge on any atom is -0.384 e. The van der Waals surface area contributed by atoms with Crippen molar-refractivity contribution in [1.29, 1.82) is 0 Å². The summed E-state index contributed by atoms with van der Waals surface area (Å²) in [5.41, 5.74) is 0. The van der Waals surface area contributed by atoms with Gasteiger partial charge < -0.3 is 15.4 Å². The van der Waals surface area contributed by atoms with Crippen LogP contribution in [0.25, 0.3) is 0 Å². The van der Waals surface area contributed by atoms with Gasteiger partial charge in [0.05, 0.1) is 0 Å². The summed E-state index contributed by atoms with van der Waals surface area (Å²) in [5.74, 6) is 0.626. The van der Waals surface area contributed by atoms with Crippen LogP contribution in [0.15, 0.2) is 0 Å². The van der Waals surface area contributed by atoms with Gasteiger partial charge in [0.2, 0.25) is 0 Å². The lowest BCUT2D eigenvalue weighted by Crippen LogP contribution is -2.56. The van der Waals surface area contributed by atoms with Gasteiger partial charge in [-0.25, -0.2) is 0 Å². The molecule has 1 saturated heterocycles. The highest BCUT2D eigenvalue weighted by Gasteiger charge is 2.15. The lowest BCUT2D eigenvalue weighted by Gasteiger charge is -2.29. The van der Waals surface area contributed by atoms with Crippen LogP contribution < -0.4 is 10.6 Å². The molecule has 2 N–H and O–H groups in total. The van der Waals surface area contributed by atoms with Crippen molar-refractivity contribution in [2.75, 3.05) is 33.4 Å². The molecular weight excluding hydrogens is 140 g/mol. The van der Waals surface area contributed by atoms with Gasteiger partial charge in [0.1, 0.15) is 0 Å². The maximum absolute atomic E-state index is 5.03. The first-order valence-corrected chi connectivity index (χ1v) is 4.26. The largest absolute Gasteiger partial charge is 0.384 e. The Balaban J connectivity index is 1.92. The van der Waals surface area contributed by atoms with Crippen molar-refractivity contribution in [1.82, 2.24) is 10.6 Å². The van der Waals surface area contributed by atoms with Crippen LogP contribution >= 0.6 is 0 Å². The molecule has 1 fully saturated rings. The van der Waals surface area contributed by atoms with E-state index in [1.54, 1.807) is 7.11 Å². The van der Waals surface area contributed by atoms with Gasteiger partial charge in [-0.1, -0.05) is 6.92 Å². The van der Waals surface area contributed by atoms with E-state index in [0.29, 0.717) is 12.0 Å². The number of rotatable bonds is 5. The molecule has 11 heavy (non-hydrogen) atoms. The molecule has 3 nitrogen and oxygen atoms in total. The first-order chi connectivity index (χ1) is 5.33. The van der Waals surface area contributed by atoms with Gasteiger partial charge >= 0.3 is 0 Å². The lowest BCUT2D eigenvalue weighted by atomic mass is 10.1. The van der Waals surface area contributed by atoms with Crippen molar-refractivity contribution in [2.24, 2.45) is 5.92 Å². The van der Waals surface area contributed by atoms with E-state index in [9.17, 15) is 0 Å². The summed E-state index contributed by atoms with van der Waals surface area (Å²) in [6, 6.07) is 0.703. The van der Waals surface area contributed by atoms with E-state index in [2.05, 4.69) is 17.6 Å². The van der Waals surface area contributed by atoms with Crippen LogP contribution in [-0.4, -0.2) is 39.4 Å². The topological polar surface area (TPSA) is 33.3 Å². The zero-order valence-corrected chi connectivity index (χ0v) is 7.39. The van der Waals surface area contributed by atoms with Gasteiger partial charge in [-0.15, -0.1) is 0 Å². The molecule has 0 saturated carbocycles. The van der Waals surface area contributed by atoms with Crippen molar-refractivity contribution in [3.05, 3.63) is 0 Å². The van der Waals surface area contributed by atoms with Gasteiger partial charge in [-0.3, -0.25) is 0 Å². The Kier molecular flexibility index (Phi) is 3.83. The Morgan fingerprint density at radius 3 is 2.82 bits per heavy atom. The molecule has 66 valence electrons. The number of nitrogens with one attached hydrogen (secondary N) is 2. The maximum atomic E-state index is 5.03. The first kappa shape index (κ1) is 8.97. The average Bonchev–Trinajstić information content (AvgIpc) is 1.85. The predicted molar refractivity (Wildman–Crippen MR) is 45.7 cm³/mol. The molecule has 1 aliphatic rings. The zero-order valence-electron chi connectivity index (χ0n) is 7.39. The molecule has 0 aliphatic carbocycles. The third kappa shape index (κ3) is 3.18. The highest BCUT2D eigenvalue weighted by molar-refractivity contribution is 4.81. The van der Waals surface area contributed by atoms with Crippen LogP contribution in [0, 0.1) is 5.92 Å². The molecule has 0 amide bonds. The Morgan fingerprint density at radius 2 is 2.36 bits per heavy atom. The van der Waals surface area contributed by atoms with E-state index in [1.165, 1.54) is 0 Å². The van der Waals surface area contributed by atoms with Crippen molar-refractivity contribution in [3.8, 4) is 0 Å². The summed E-state index contributed by atoms with van der Waals surface area (Å²) in [6.45, 7) is 6.37. The van der Waals surface area contributed by atoms with Crippen molar-refractivity contribution in [3.63, 3.8) is 0 Å². The fourth-order valence-corrected chi connectivity index (χ4v) is 1.14. The summed E-state index contributed by atoms with van der Waals surface area (Å²) < 4.78 is 5.03. The molecule has 0 radical (unpaired) electrons. The van der Waals surface area contributed by atoms with Crippen molar-refractivity contribution < 1.29 is 4.74 Å². The number of hydrogen-bond acceptors (Lipinski definition) is 3. The monoisotopic (exact) mass is 158 g/mol. The quantitative estimate of drug-likeness (QED) is 0.583. The fourth-order valence-electron chi connectivity index (χ4n) is 1.14. The van der Waals surface area contributed by atoms with Crippen LogP contribution in [0.5, 0.6) is 0 Å². The second-order valence-corrected chi connectivity index (χ2v) is 3.32. The summed E-state index contributed by atoms with van der Waals surface area (Å²) in [6.07, 6.45) is 0. The predicted octanol–water partition coefficient (Wildman–Crippen LogP) is -0.170. The molecular formula is C8H18N2O. The molecule has 0 aromatic carbocycles. The molecule has 1 aliphatic heterocycles. The smallest absolute Gasteiger partial charge is 0.0499 e. The van der Waals surface area contributed by atoms with Crippen molar-refractivity contribution >= 4 is 0 Å². The Labute approximate surface area is 68.5 Å². The van der Waals surface area contributed by atoms with E-state index in [0.717, 1.165) is 26.2 Å². The normalized spacial score (nSPS) is 21.3. The molecule has 0 aromatic rings. The van der Waals surface area contributed by atoms with E-state index >= 15 is 0 Å².